The minimum absolute atomic E-state index is 1.10. The first-order valence-electron chi connectivity index (χ1n) is 9.08. The molecule has 0 amide bonds. The lowest BCUT2D eigenvalue weighted by Gasteiger charge is -2.11. The molecule has 3 aromatic heterocycles. The van der Waals surface area contributed by atoms with Crippen LogP contribution in [0.5, 0.6) is 0 Å². The van der Waals surface area contributed by atoms with Gasteiger partial charge in [0.25, 0.3) is 0 Å². The molecule has 0 atom stereocenters. The third kappa shape index (κ3) is 1.54. The van der Waals surface area contributed by atoms with Gasteiger partial charge in [-0.3, -0.25) is 0 Å². The second-order valence-corrected chi connectivity index (χ2v) is 8.11. The lowest BCUT2D eigenvalue weighted by Crippen LogP contribution is -1.97. The summed E-state index contributed by atoms with van der Waals surface area (Å²) in [4.78, 5) is 0. The Kier molecular flexibility index (Phi) is 2.41. The van der Waals surface area contributed by atoms with Gasteiger partial charge in [-0.05, 0) is 30.3 Å². The quantitative estimate of drug-likeness (QED) is 0.238. The van der Waals surface area contributed by atoms with E-state index in [0.29, 0.717) is 0 Å². The molecule has 0 bridgehead atoms. The Labute approximate surface area is 162 Å². The van der Waals surface area contributed by atoms with Crippen molar-refractivity contribution < 1.29 is 0 Å². The average Bonchev–Trinajstić information content (AvgIpc) is 3.21. The second-order valence-electron chi connectivity index (χ2n) is 7.20. The van der Waals surface area contributed by atoms with Crippen molar-refractivity contribution in [3.63, 3.8) is 0 Å². The zero-order chi connectivity index (χ0) is 17.7. The van der Waals surface area contributed by atoms with Crippen LogP contribution in [0.2, 0.25) is 0 Å². The number of halogens is 1. The van der Waals surface area contributed by atoms with Crippen LogP contribution in [0.15, 0.2) is 83.3 Å². The van der Waals surface area contributed by atoms with Crippen LogP contribution in [-0.4, -0.2) is 8.80 Å². The van der Waals surface area contributed by atoms with E-state index in [0.717, 1.165) is 4.47 Å². The third-order valence-corrected chi connectivity index (χ3v) is 6.38. The van der Waals surface area contributed by atoms with E-state index >= 15 is 0 Å². The van der Waals surface area contributed by atoms with Crippen molar-refractivity contribution in [2.45, 2.75) is 0 Å². The predicted molar refractivity (Wildman–Crippen MR) is 117 cm³/mol. The van der Waals surface area contributed by atoms with Crippen molar-refractivity contribution >= 4 is 70.6 Å². The molecule has 3 heterocycles. The molecule has 0 unspecified atom stereocenters. The van der Waals surface area contributed by atoms with Gasteiger partial charge >= 0.3 is 0 Å². The zero-order valence-electron chi connectivity index (χ0n) is 14.3. The number of aromatic nitrogens is 2. The van der Waals surface area contributed by atoms with Crippen LogP contribution in [0.3, 0.4) is 0 Å². The Morgan fingerprint density at radius 2 is 1.04 bits per heavy atom. The SMILES string of the molecule is Brc1ccc2c(c1)n1c3ccccc3c3ccc4c5ccccc5n2c4c31. The molecule has 0 radical (unpaired) electrons. The fourth-order valence-electron chi connectivity index (χ4n) is 4.87. The molecule has 7 aromatic rings. The molecule has 7 rings (SSSR count). The molecule has 0 saturated carbocycles. The maximum absolute atomic E-state index is 3.69. The smallest absolute Gasteiger partial charge is 0.0789 e. The van der Waals surface area contributed by atoms with Crippen LogP contribution in [0, 0.1) is 0 Å². The molecule has 0 saturated heterocycles. The van der Waals surface area contributed by atoms with Crippen LogP contribution in [0.25, 0.3) is 54.6 Å². The van der Waals surface area contributed by atoms with Gasteiger partial charge in [0.05, 0.1) is 33.1 Å². The number of fused-ring (bicyclic) bond motifs is 9. The highest BCUT2D eigenvalue weighted by molar-refractivity contribution is 9.10. The molecule has 0 spiro atoms. The first-order chi connectivity index (χ1) is 13.3. The maximum atomic E-state index is 3.69. The number of hydrogen-bond donors (Lipinski definition) is 0. The van der Waals surface area contributed by atoms with E-state index in [1.807, 2.05) is 0 Å². The molecular formula is C24H13BrN2. The van der Waals surface area contributed by atoms with Crippen LogP contribution < -0.4 is 0 Å². The van der Waals surface area contributed by atoms with Gasteiger partial charge < -0.3 is 8.80 Å². The average molecular weight is 409 g/mol. The number of nitrogens with zero attached hydrogens (tertiary/aromatic N) is 2. The van der Waals surface area contributed by atoms with Crippen LogP contribution in [0.4, 0.5) is 0 Å². The van der Waals surface area contributed by atoms with Crippen molar-refractivity contribution in [3.8, 4) is 0 Å². The van der Waals surface area contributed by atoms with Gasteiger partial charge in [-0.15, -0.1) is 0 Å². The van der Waals surface area contributed by atoms with Gasteiger partial charge in [-0.1, -0.05) is 64.5 Å². The lowest BCUT2D eigenvalue weighted by atomic mass is 10.1. The van der Waals surface area contributed by atoms with Crippen molar-refractivity contribution in [1.29, 1.82) is 0 Å². The van der Waals surface area contributed by atoms with Gasteiger partial charge in [0.2, 0.25) is 0 Å². The van der Waals surface area contributed by atoms with Gasteiger partial charge in [-0.2, -0.15) is 0 Å². The summed E-state index contributed by atoms with van der Waals surface area (Å²) in [6.45, 7) is 0. The van der Waals surface area contributed by atoms with Crippen LogP contribution >= 0.6 is 15.9 Å². The summed E-state index contributed by atoms with van der Waals surface area (Å²) in [5.74, 6) is 0. The number of hydrogen-bond acceptors (Lipinski definition) is 0. The summed E-state index contributed by atoms with van der Waals surface area (Å²) in [5, 5.41) is 5.24. The molecule has 2 nitrogen and oxygen atoms in total. The molecule has 0 aliphatic heterocycles. The molecule has 27 heavy (non-hydrogen) atoms. The van der Waals surface area contributed by atoms with E-state index in [4.69, 9.17) is 0 Å². The first-order valence-corrected chi connectivity index (χ1v) is 9.88. The Morgan fingerprint density at radius 1 is 0.481 bits per heavy atom. The van der Waals surface area contributed by atoms with Crippen molar-refractivity contribution in [2.24, 2.45) is 0 Å². The van der Waals surface area contributed by atoms with E-state index < -0.39 is 0 Å². The monoisotopic (exact) mass is 408 g/mol. The second kappa shape index (κ2) is 4.62. The highest BCUT2D eigenvalue weighted by Gasteiger charge is 2.20. The largest absolute Gasteiger partial charge is 0.305 e. The Hall–Kier alpha value is -3.04. The lowest BCUT2D eigenvalue weighted by molar-refractivity contribution is 1.25. The van der Waals surface area contributed by atoms with Gasteiger partial charge in [0.15, 0.2) is 0 Å². The fourth-order valence-corrected chi connectivity index (χ4v) is 5.21. The molecular weight excluding hydrogens is 396 g/mol. The molecule has 4 aromatic carbocycles. The van der Waals surface area contributed by atoms with E-state index in [1.54, 1.807) is 0 Å². The van der Waals surface area contributed by atoms with Crippen LogP contribution in [-0.2, 0) is 0 Å². The third-order valence-electron chi connectivity index (χ3n) is 5.89. The minimum atomic E-state index is 1.10. The number of rotatable bonds is 0. The molecule has 0 aliphatic carbocycles. The van der Waals surface area contributed by atoms with Crippen molar-refractivity contribution in [1.82, 2.24) is 8.80 Å². The van der Waals surface area contributed by atoms with E-state index in [1.165, 1.54) is 54.6 Å². The molecule has 126 valence electrons. The van der Waals surface area contributed by atoms with Gasteiger partial charge in [0, 0.05) is 26.0 Å². The fraction of sp³-hybridized carbons (Fsp3) is 0. The van der Waals surface area contributed by atoms with Gasteiger partial charge in [0.1, 0.15) is 0 Å². The summed E-state index contributed by atoms with van der Waals surface area (Å²) >= 11 is 3.69. The first kappa shape index (κ1) is 14.1. The van der Waals surface area contributed by atoms with E-state index in [9.17, 15) is 0 Å². The summed E-state index contributed by atoms with van der Waals surface area (Å²) in [5.41, 5.74) is 7.58. The molecule has 3 heteroatoms. The summed E-state index contributed by atoms with van der Waals surface area (Å²) in [6.07, 6.45) is 0. The Morgan fingerprint density at radius 3 is 1.67 bits per heavy atom. The van der Waals surface area contributed by atoms with E-state index in [2.05, 4.69) is 104 Å². The summed E-state index contributed by atoms with van der Waals surface area (Å²) in [6, 6.07) is 28.6. The Bertz CT molecular complexity index is 1680. The predicted octanol–water partition coefficient (Wildman–Crippen LogP) is 7.01. The topological polar surface area (TPSA) is 8.82 Å². The molecule has 0 aliphatic rings. The zero-order valence-corrected chi connectivity index (χ0v) is 15.9. The van der Waals surface area contributed by atoms with Gasteiger partial charge in [-0.25, -0.2) is 0 Å². The van der Waals surface area contributed by atoms with Crippen LogP contribution in [0.1, 0.15) is 0 Å². The highest BCUT2D eigenvalue weighted by atomic mass is 79.9. The standard InChI is InChI=1S/C24H13BrN2/c25-14-9-12-21-22(13-14)27-20-8-4-2-6-16(20)18-11-10-17-15-5-1-3-7-19(15)26(21)23(17)24(18)27/h1-13H. The number of para-hydroxylation sites is 2. The molecule has 0 N–H and O–H groups in total. The molecule has 0 fully saturated rings. The number of benzene rings is 4. The maximum Gasteiger partial charge on any atom is 0.0789 e. The highest BCUT2D eigenvalue weighted by Crippen LogP contribution is 2.41. The minimum Gasteiger partial charge on any atom is -0.305 e. The summed E-state index contributed by atoms with van der Waals surface area (Å²) in [7, 11) is 0. The van der Waals surface area contributed by atoms with E-state index in [-0.39, 0.29) is 0 Å². The summed E-state index contributed by atoms with van der Waals surface area (Å²) < 4.78 is 5.97. The Balaban J connectivity index is 2.02. The van der Waals surface area contributed by atoms with Crippen molar-refractivity contribution in [2.75, 3.05) is 0 Å². The normalized spacial score (nSPS) is 12.6. The van der Waals surface area contributed by atoms with Crippen molar-refractivity contribution in [3.05, 3.63) is 83.3 Å².